The summed E-state index contributed by atoms with van der Waals surface area (Å²) >= 11 is 0. The summed E-state index contributed by atoms with van der Waals surface area (Å²) in [7, 11) is -1.15. The van der Waals surface area contributed by atoms with E-state index < -0.39 is 15.7 Å². The molecule has 6 unspecified atom stereocenters. The Balaban J connectivity index is 2.94. The topological polar surface area (TPSA) is 65.0 Å². The van der Waals surface area contributed by atoms with Gasteiger partial charge in [0.15, 0.2) is 15.7 Å². The molecule has 1 aliphatic rings. The second-order valence-corrected chi connectivity index (χ2v) is 19.9. The summed E-state index contributed by atoms with van der Waals surface area (Å²) in [6.07, 6.45) is 16.9. The van der Waals surface area contributed by atoms with Crippen molar-refractivity contribution in [3.63, 3.8) is 0 Å². The fourth-order valence-electron chi connectivity index (χ4n) is 5.06. The van der Waals surface area contributed by atoms with Gasteiger partial charge in [0.25, 0.3) is 0 Å². The van der Waals surface area contributed by atoms with Crippen molar-refractivity contribution >= 4 is 15.7 Å². The van der Waals surface area contributed by atoms with Gasteiger partial charge in [-0.05, 0) is 49.7 Å². The Hall–Kier alpha value is 0.0269. The number of methoxy groups -OCH3 is 2. The Morgan fingerprint density at radius 2 is 1.69 bits per heavy atom. The quantitative estimate of drug-likeness (QED) is 0.0809. The molecule has 1 fully saturated rings. The molecule has 1 N–H and O–H groups in total. The molecule has 0 spiro atoms. The molecule has 0 aromatic heterocycles. The lowest BCUT2D eigenvalue weighted by atomic mass is 9.87. The molecule has 0 amide bonds. The SMILES string of the molecule is CCCCCC(/C=C/C1C(OC)CC(O[Si](C)(C)C(C)(C)C)C1CCCCCCP(=O)(O)CC)OC. The second kappa shape index (κ2) is 16.2. The molecular formula is C29H59O5PSi. The smallest absolute Gasteiger partial charge is 0.200 e. The predicted molar refractivity (Wildman–Crippen MR) is 157 cm³/mol. The van der Waals surface area contributed by atoms with E-state index in [2.05, 4.69) is 52.9 Å². The number of hydrogen-bond donors (Lipinski definition) is 1. The molecule has 7 heteroatoms. The Morgan fingerprint density at radius 3 is 2.25 bits per heavy atom. The van der Waals surface area contributed by atoms with Crippen molar-refractivity contribution in [2.24, 2.45) is 11.8 Å². The first-order valence-corrected chi connectivity index (χ1v) is 19.5. The fraction of sp³-hybridized carbons (Fsp3) is 0.931. The maximum atomic E-state index is 11.9. The van der Waals surface area contributed by atoms with Gasteiger partial charge >= 0.3 is 0 Å². The van der Waals surface area contributed by atoms with Gasteiger partial charge in [-0.2, -0.15) is 0 Å². The number of hydrogen-bond acceptors (Lipinski definition) is 4. The van der Waals surface area contributed by atoms with Crippen molar-refractivity contribution in [3.8, 4) is 0 Å². The predicted octanol–water partition coefficient (Wildman–Crippen LogP) is 8.42. The largest absolute Gasteiger partial charge is 0.414 e. The molecule has 214 valence electrons. The lowest BCUT2D eigenvalue weighted by molar-refractivity contribution is 0.0744. The summed E-state index contributed by atoms with van der Waals surface area (Å²) in [4.78, 5) is 9.86. The first kappa shape index (κ1) is 34.1. The molecular weight excluding hydrogens is 487 g/mol. The average Bonchev–Trinajstić information content (AvgIpc) is 3.13. The zero-order valence-electron chi connectivity index (χ0n) is 25.1. The van der Waals surface area contributed by atoms with E-state index in [-0.39, 0.29) is 23.4 Å². The minimum absolute atomic E-state index is 0.155. The maximum absolute atomic E-state index is 11.9. The zero-order valence-corrected chi connectivity index (χ0v) is 26.9. The zero-order chi connectivity index (χ0) is 27.4. The van der Waals surface area contributed by atoms with Crippen LogP contribution in [0, 0.1) is 11.8 Å². The average molecular weight is 547 g/mol. The Morgan fingerprint density at radius 1 is 1.03 bits per heavy atom. The lowest BCUT2D eigenvalue weighted by Gasteiger charge is -2.40. The standard InChI is InChI=1S/C29H59O5PSi/c1-10-12-15-18-24(32-6)20-21-26-25(19-16-13-14-17-22-35(30,31)11-2)28(23-27(26)33-7)34-36(8,9)29(3,4)5/h20-21,24-28H,10-19,22-23H2,1-9H3,(H,30,31)/b21-20+. The molecule has 0 bridgehead atoms. The van der Waals surface area contributed by atoms with Gasteiger partial charge in [-0.25, -0.2) is 0 Å². The van der Waals surface area contributed by atoms with Crippen LogP contribution in [-0.4, -0.2) is 58.1 Å². The Kier molecular flexibility index (Phi) is 15.3. The Bertz CT molecular complexity index is 675. The summed E-state index contributed by atoms with van der Waals surface area (Å²) in [6, 6.07) is 0. The highest BCUT2D eigenvalue weighted by atomic mass is 31.2. The van der Waals surface area contributed by atoms with E-state index in [1.54, 1.807) is 6.92 Å². The van der Waals surface area contributed by atoms with Gasteiger partial charge < -0.3 is 18.8 Å². The highest BCUT2D eigenvalue weighted by Gasteiger charge is 2.47. The van der Waals surface area contributed by atoms with Crippen molar-refractivity contribution in [3.05, 3.63) is 12.2 Å². The minimum atomic E-state index is -2.90. The molecule has 0 saturated heterocycles. The highest BCUT2D eigenvalue weighted by molar-refractivity contribution is 7.57. The van der Waals surface area contributed by atoms with Crippen molar-refractivity contribution in [1.82, 2.24) is 0 Å². The van der Waals surface area contributed by atoms with Gasteiger partial charge in [0.05, 0.1) is 18.3 Å². The van der Waals surface area contributed by atoms with E-state index in [1.807, 2.05) is 14.2 Å². The van der Waals surface area contributed by atoms with Crippen LogP contribution in [0.5, 0.6) is 0 Å². The molecule has 1 aliphatic carbocycles. The van der Waals surface area contributed by atoms with Gasteiger partial charge in [-0.15, -0.1) is 0 Å². The van der Waals surface area contributed by atoms with E-state index in [1.165, 1.54) is 19.3 Å². The molecule has 0 heterocycles. The van der Waals surface area contributed by atoms with Crippen LogP contribution in [0.2, 0.25) is 18.1 Å². The Labute approximate surface area is 224 Å². The summed E-state index contributed by atoms with van der Waals surface area (Å²) < 4.78 is 30.8. The second-order valence-electron chi connectivity index (χ2n) is 12.4. The molecule has 1 saturated carbocycles. The third kappa shape index (κ3) is 11.4. The van der Waals surface area contributed by atoms with E-state index in [0.717, 1.165) is 44.9 Å². The molecule has 0 aliphatic heterocycles. The molecule has 5 nitrogen and oxygen atoms in total. The van der Waals surface area contributed by atoms with E-state index in [0.29, 0.717) is 24.2 Å². The molecule has 0 aromatic carbocycles. The van der Waals surface area contributed by atoms with E-state index in [4.69, 9.17) is 13.9 Å². The molecule has 36 heavy (non-hydrogen) atoms. The van der Waals surface area contributed by atoms with Crippen molar-refractivity contribution < 1.29 is 23.4 Å². The van der Waals surface area contributed by atoms with Crippen LogP contribution in [0.15, 0.2) is 12.2 Å². The van der Waals surface area contributed by atoms with Gasteiger partial charge in [-0.1, -0.05) is 85.3 Å². The number of ether oxygens (including phenoxy) is 2. The first-order chi connectivity index (χ1) is 16.8. The summed E-state index contributed by atoms with van der Waals surface area (Å²) in [5.74, 6) is 0.749. The summed E-state index contributed by atoms with van der Waals surface area (Å²) in [5, 5.41) is 0.173. The third-order valence-electron chi connectivity index (χ3n) is 8.65. The van der Waals surface area contributed by atoms with Crippen LogP contribution in [0.1, 0.15) is 98.8 Å². The summed E-state index contributed by atoms with van der Waals surface area (Å²) in [6.45, 7) is 15.7. The number of unbranched alkanes of at least 4 members (excludes halogenated alkanes) is 5. The summed E-state index contributed by atoms with van der Waals surface area (Å²) in [5.41, 5.74) is 0. The lowest BCUT2D eigenvalue weighted by Crippen LogP contribution is -2.45. The molecule has 0 aromatic rings. The van der Waals surface area contributed by atoms with Gasteiger partial charge in [-0.3, -0.25) is 4.57 Å². The molecule has 0 radical (unpaired) electrons. The molecule has 6 atom stereocenters. The van der Waals surface area contributed by atoms with Crippen molar-refractivity contribution in [2.45, 2.75) is 135 Å². The van der Waals surface area contributed by atoms with Crippen LogP contribution in [0.25, 0.3) is 0 Å². The molecule has 1 rings (SSSR count). The fourth-order valence-corrected chi connectivity index (χ4v) is 7.48. The van der Waals surface area contributed by atoms with Crippen LogP contribution < -0.4 is 0 Å². The third-order valence-corrected chi connectivity index (χ3v) is 15.2. The highest BCUT2D eigenvalue weighted by Crippen LogP contribution is 2.45. The van der Waals surface area contributed by atoms with Crippen molar-refractivity contribution in [2.75, 3.05) is 26.5 Å². The first-order valence-electron chi connectivity index (χ1n) is 14.5. The number of rotatable bonds is 18. The minimum Gasteiger partial charge on any atom is -0.414 e. The van der Waals surface area contributed by atoms with Crippen molar-refractivity contribution in [1.29, 1.82) is 0 Å². The van der Waals surface area contributed by atoms with Crippen LogP contribution >= 0.6 is 7.37 Å². The van der Waals surface area contributed by atoms with Crippen LogP contribution in [0.4, 0.5) is 0 Å². The van der Waals surface area contributed by atoms with E-state index >= 15 is 0 Å². The van der Waals surface area contributed by atoms with Gasteiger partial charge in [0, 0.05) is 32.5 Å². The normalized spacial score (nSPS) is 25.9. The van der Waals surface area contributed by atoms with Crippen LogP contribution in [-0.2, 0) is 18.5 Å². The van der Waals surface area contributed by atoms with E-state index in [9.17, 15) is 9.46 Å². The van der Waals surface area contributed by atoms with Gasteiger partial charge in [0.1, 0.15) is 0 Å². The van der Waals surface area contributed by atoms with Crippen LogP contribution in [0.3, 0.4) is 0 Å². The monoisotopic (exact) mass is 546 g/mol. The van der Waals surface area contributed by atoms with Gasteiger partial charge in [0.2, 0.25) is 0 Å². The maximum Gasteiger partial charge on any atom is 0.200 e.